The van der Waals surface area contributed by atoms with E-state index in [0.29, 0.717) is 18.0 Å². The lowest BCUT2D eigenvalue weighted by molar-refractivity contribution is -0.384. The van der Waals surface area contributed by atoms with Crippen molar-refractivity contribution in [3.63, 3.8) is 0 Å². The third kappa shape index (κ3) is 4.00. The number of para-hydroxylation sites is 1. The fourth-order valence-electron chi connectivity index (χ4n) is 3.14. The molecule has 2 amide bonds. The molecule has 1 aliphatic rings. The molecular formula is C19H14ClN5O4S. The first-order valence-electron chi connectivity index (χ1n) is 8.86. The van der Waals surface area contributed by atoms with Gasteiger partial charge in [0.25, 0.3) is 11.6 Å². The molecule has 0 bridgehead atoms. The Balaban J connectivity index is 1.46. The van der Waals surface area contributed by atoms with Gasteiger partial charge in [-0.25, -0.2) is 0 Å². The highest BCUT2D eigenvalue weighted by molar-refractivity contribution is 7.15. The quantitative estimate of drug-likeness (QED) is 0.472. The molecule has 3 aromatic rings. The Labute approximate surface area is 179 Å². The number of carbonyl (C=O) groups is 2. The molecule has 2 aromatic carbocycles. The van der Waals surface area contributed by atoms with Crippen LogP contribution >= 0.6 is 22.9 Å². The van der Waals surface area contributed by atoms with Gasteiger partial charge in [-0.15, -0.1) is 10.2 Å². The van der Waals surface area contributed by atoms with Crippen molar-refractivity contribution in [1.29, 1.82) is 0 Å². The summed E-state index contributed by atoms with van der Waals surface area (Å²) in [5, 5.41) is 22.5. The lowest BCUT2D eigenvalue weighted by atomic mass is 10.1. The minimum Gasteiger partial charge on any atom is -0.312 e. The molecule has 1 N–H and O–H groups in total. The molecule has 0 spiro atoms. The summed E-state index contributed by atoms with van der Waals surface area (Å²) in [6.07, 6.45) is 0.306. The van der Waals surface area contributed by atoms with Gasteiger partial charge in [0, 0.05) is 36.2 Å². The summed E-state index contributed by atoms with van der Waals surface area (Å²) < 4.78 is 0. The zero-order valence-electron chi connectivity index (χ0n) is 15.3. The summed E-state index contributed by atoms with van der Waals surface area (Å²) in [7, 11) is 0. The first kappa shape index (κ1) is 19.9. The number of nitrogens with zero attached hydrogens (tertiary/aromatic N) is 4. The topological polar surface area (TPSA) is 118 Å². The number of amides is 2. The van der Waals surface area contributed by atoms with Gasteiger partial charge in [-0.3, -0.25) is 25.0 Å². The molecule has 1 fully saturated rings. The van der Waals surface area contributed by atoms with Crippen LogP contribution in [0.1, 0.15) is 27.7 Å². The maximum absolute atomic E-state index is 12.4. The number of carbonyl (C=O) groups excluding carboxylic acids is 2. The van der Waals surface area contributed by atoms with E-state index in [-0.39, 0.29) is 33.2 Å². The largest absolute Gasteiger partial charge is 0.312 e. The van der Waals surface area contributed by atoms with Crippen molar-refractivity contribution in [2.24, 2.45) is 0 Å². The number of hydrogen-bond acceptors (Lipinski definition) is 7. The highest BCUT2D eigenvalue weighted by Crippen LogP contribution is 2.34. The van der Waals surface area contributed by atoms with Crippen LogP contribution in [0, 0.1) is 10.1 Å². The molecule has 1 atom stereocenters. The van der Waals surface area contributed by atoms with E-state index in [1.165, 1.54) is 23.5 Å². The van der Waals surface area contributed by atoms with Gasteiger partial charge in [0.1, 0.15) is 10.0 Å². The summed E-state index contributed by atoms with van der Waals surface area (Å²) in [5.74, 6) is -0.691. The molecule has 11 heteroatoms. The zero-order chi connectivity index (χ0) is 21.3. The number of hydrogen-bond donors (Lipinski definition) is 1. The van der Waals surface area contributed by atoms with Gasteiger partial charge in [0.15, 0.2) is 0 Å². The summed E-state index contributed by atoms with van der Waals surface area (Å²) in [4.78, 5) is 36.9. The SMILES string of the molecule is O=C(Nc1nnc(C2CC(=O)N(c3ccccc3)C2)s1)c1ccc(Cl)c([N+](=O)[O-])c1. The van der Waals surface area contributed by atoms with Crippen LogP contribution in [-0.4, -0.2) is 33.5 Å². The predicted octanol–water partition coefficient (Wildman–Crippen LogP) is 3.87. The van der Waals surface area contributed by atoms with Crippen LogP contribution in [0.25, 0.3) is 0 Å². The second-order valence-corrected chi connectivity index (χ2v) is 7.98. The van der Waals surface area contributed by atoms with Crippen molar-refractivity contribution >= 4 is 51.3 Å². The molecule has 2 heterocycles. The van der Waals surface area contributed by atoms with Crippen molar-refractivity contribution in [2.45, 2.75) is 12.3 Å². The fraction of sp³-hybridized carbons (Fsp3) is 0.158. The van der Waals surface area contributed by atoms with E-state index >= 15 is 0 Å². The maximum atomic E-state index is 12.4. The van der Waals surface area contributed by atoms with Gasteiger partial charge in [0.2, 0.25) is 11.0 Å². The molecule has 9 nitrogen and oxygen atoms in total. The predicted molar refractivity (Wildman–Crippen MR) is 112 cm³/mol. The average Bonchev–Trinajstić information content (AvgIpc) is 3.35. The van der Waals surface area contributed by atoms with Gasteiger partial charge in [0.05, 0.1) is 4.92 Å². The van der Waals surface area contributed by atoms with Crippen molar-refractivity contribution < 1.29 is 14.5 Å². The molecule has 1 saturated heterocycles. The lowest BCUT2D eigenvalue weighted by Gasteiger charge is -2.15. The van der Waals surface area contributed by atoms with Gasteiger partial charge in [-0.05, 0) is 24.3 Å². The maximum Gasteiger partial charge on any atom is 0.288 e. The molecule has 1 unspecified atom stereocenters. The molecule has 0 aliphatic carbocycles. The van der Waals surface area contributed by atoms with Crippen LogP contribution in [0.15, 0.2) is 48.5 Å². The summed E-state index contributed by atoms with van der Waals surface area (Å²) in [6.45, 7) is 0.481. The summed E-state index contributed by atoms with van der Waals surface area (Å²) in [5.41, 5.74) is 0.550. The van der Waals surface area contributed by atoms with E-state index in [1.54, 1.807) is 4.90 Å². The Kier molecular flexibility index (Phi) is 5.42. The van der Waals surface area contributed by atoms with E-state index in [0.717, 1.165) is 11.8 Å². The molecule has 1 aliphatic heterocycles. The monoisotopic (exact) mass is 443 g/mol. The van der Waals surface area contributed by atoms with Gasteiger partial charge in [-0.2, -0.15) is 0 Å². The standard InChI is InChI=1S/C19H14ClN5O4S/c20-14-7-6-11(8-15(14)25(28)29)17(27)21-19-23-22-18(30-19)12-9-16(26)24(10-12)13-4-2-1-3-5-13/h1-8,12H,9-10H2,(H,21,23,27). The molecular weight excluding hydrogens is 430 g/mol. The van der Waals surface area contributed by atoms with E-state index in [1.807, 2.05) is 30.3 Å². The van der Waals surface area contributed by atoms with E-state index in [9.17, 15) is 19.7 Å². The van der Waals surface area contributed by atoms with E-state index < -0.39 is 10.8 Å². The number of nitrogens with one attached hydrogen (secondary N) is 1. The number of halogens is 1. The average molecular weight is 444 g/mol. The van der Waals surface area contributed by atoms with Crippen molar-refractivity contribution in [3.8, 4) is 0 Å². The Morgan fingerprint density at radius 1 is 1.23 bits per heavy atom. The highest BCUT2D eigenvalue weighted by Gasteiger charge is 2.34. The first-order chi connectivity index (χ1) is 14.4. The smallest absolute Gasteiger partial charge is 0.288 e. The van der Waals surface area contributed by atoms with Crippen LogP contribution in [-0.2, 0) is 4.79 Å². The first-order valence-corrected chi connectivity index (χ1v) is 10.1. The van der Waals surface area contributed by atoms with Crippen LogP contribution in [0.4, 0.5) is 16.5 Å². The summed E-state index contributed by atoms with van der Waals surface area (Å²) >= 11 is 6.95. The molecule has 0 radical (unpaired) electrons. The minimum atomic E-state index is -0.655. The molecule has 152 valence electrons. The molecule has 30 heavy (non-hydrogen) atoms. The van der Waals surface area contributed by atoms with Crippen LogP contribution < -0.4 is 10.2 Å². The molecule has 1 aromatic heterocycles. The fourth-order valence-corrected chi connectivity index (χ4v) is 4.16. The number of nitro groups is 1. The number of benzene rings is 2. The van der Waals surface area contributed by atoms with Crippen molar-refractivity contribution in [2.75, 3.05) is 16.8 Å². The van der Waals surface area contributed by atoms with Gasteiger partial charge in [-0.1, -0.05) is 41.1 Å². The minimum absolute atomic E-state index is 0.000425. The van der Waals surface area contributed by atoms with Crippen LogP contribution in [0.3, 0.4) is 0 Å². The van der Waals surface area contributed by atoms with Crippen molar-refractivity contribution in [1.82, 2.24) is 10.2 Å². The third-order valence-corrected chi connectivity index (χ3v) is 5.93. The normalized spacial score (nSPS) is 16.0. The second-order valence-electron chi connectivity index (χ2n) is 6.56. The third-order valence-electron chi connectivity index (χ3n) is 4.61. The Bertz CT molecular complexity index is 1140. The van der Waals surface area contributed by atoms with Gasteiger partial charge < -0.3 is 4.90 Å². The van der Waals surface area contributed by atoms with Crippen LogP contribution in [0.2, 0.25) is 5.02 Å². The number of anilines is 2. The van der Waals surface area contributed by atoms with Crippen LogP contribution in [0.5, 0.6) is 0 Å². The highest BCUT2D eigenvalue weighted by atomic mass is 35.5. The Hall–Kier alpha value is -3.37. The van der Waals surface area contributed by atoms with E-state index in [2.05, 4.69) is 15.5 Å². The Morgan fingerprint density at radius 3 is 2.73 bits per heavy atom. The number of rotatable bonds is 5. The number of nitro benzene ring substituents is 1. The molecule has 4 rings (SSSR count). The zero-order valence-corrected chi connectivity index (χ0v) is 16.9. The lowest BCUT2D eigenvalue weighted by Crippen LogP contribution is -2.24. The summed E-state index contributed by atoms with van der Waals surface area (Å²) in [6, 6.07) is 13.2. The van der Waals surface area contributed by atoms with Gasteiger partial charge >= 0.3 is 0 Å². The van der Waals surface area contributed by atoms with Crippen molar-refractivity contribution in [3.05, 3.63) is 74.2 Å². The molecule has 0 saturated carbocycles. The second kappa shape index (κ2) is 8.17. The Morgan fingerprint density at radius 2 is 2.00 bits per heavy atom. The van der Waals surface area contributed by atoms with E-state index in [4.69, 9.17) is 11.6 Å². The number of aromatic nitrogens is 2.